The summed E-state index contributed by atoms with van der Waals surface area (Å²) in [5, 5.41) is 24.9. The number of fused-ring (bicyclic) bond motifs is 1. The normalized spacial score (nSPS) is 17.6. The van der Waals surface area contributed by atoms with E-state index < -0.39 is 17.7 Å². The van der Waals surface area contributed by atoms with Crippen LogP contribution in [0.5, 0.6) is 5.75 Å². The number of aliphatic carboxylic acids is 1. The van der Waals surface area contributed by atoms with Crippen molar-refractivity contribution in [3.8, 4) is 5.75 Å². The lowest BCUT2D eigenvalue weighted by atomic mass is 9.74. The minimum absolute atomic E-state index is 0.0919. The summed E-state index contributed by atoms with van der Waals surface area (Å²) in [5.41, 5.74) is 2.02. The van der Waals surface area contributed by atoms with Gasteiger partial charge in [-0.05, 0) is 55.0 Å². The molecular weight excluding hydrogens is 372 g/mol. The number of ether oxygens (including phenoxy) is 1. The van der Waals surface area contributed by atoms with Gasteiger partial charge in [0.1, 0.15) is 5.54 Å². The minimum atomic E-state index is -1.36. The first-order valence-corrected chi connectivity index (χ1v) is 9.42. The Morgan fingerprint density at radius 1 is 1.17 bits per heavy atom. The van der Waals surface area contributed by atoms with Crippen molar-refractivity contribution in [1.82, 2.24) is 0 Å². The second kappa shape index (κ2) is 7.31. The Hall–Kier alpha value is -3.22. The lowest BCUT2D eigenvalue weighted by Gasteiger charge is -2.39. The molecule has 4 N–H and O–H groups in total. The second-order valence-electron chi connectivity index (χ2n) is 8.51. The third kappa shape index (κ3) is 4.29. The highest BCUT2D eigenvalue weighted by Gasteiger charge is 2.35. The summed E-state index contributed by atoms with van der Waals surface area (Å²) < 4.78 is 4.98. The molecule has 0 fully saturated rings. The van der Waals surface area contributed by atoms with Crippen LogP contribution in [0.1, 0.15) is 51.3 Å². The van der Waals surface area contributed by atoms with Crippen LogP contribution in [0.15, 0.2) is 42.5 Å². The molecule has 1 heterocycles. The van der Waals surface area contributed by atoms with Gasteiger partial charge in [0.25, 0.3) is 0 Å². The zero-order chi connectivity index (χ0) is 21.4. The number of hydrogen-bond donors (Lipinski definition) is 4. The standard InChI is InChI=1S/C22H26N2O5/c1-21(2)12-16(23-18-15(21)9-6-10-17(18)29-20(27)28)13-7-5-8-14(11-13)24-22(3,4)19(25)26/h5-11,16,23-24H,12H2,1-4H3,(H,25,26)(H,27,28). The molecule has 3 rings (SSSR count). The first kappa shape index (κ1) is 20.5. The fourth-order valence-electron chi connectivity index (χ4n) is 3.72. The molecule has 154 valence electrons. The zero-order valence-corrected chi connectivity index (χ0v) is 16.9. The van der Waals surface area contributed by atoms with Crippen LogP contribution in [0.3, 0.4) is 0 Å². The highest BCUT2D eigenvalue weighted by atomic mass is 16.7. The fourth-order valence-corrected chi connectivity index (χ4v) is 3.72. The van der Waals surface area contributed by atoms with Crippen LogP contribution < -0.4 is 15.4 Å². The topological polar surface area (TPSA) is 108 Å². The maximum atomic E-state index is 11.4. The van der Waals surface area contributed by atoms with E-state index in [1.807, 2.05) is 30.3 Å². The van der Waals surface area contributed by atoms with Gasteiger partial charge in [-0.2, -0.15) is 0 Å². The number of anilines is 2. The van der Waals surface area contributed by atoms with Gasteiger partial charge in [-0.1, -0.05) is 38.1 Å². The summed E-state index contributed by atoms with van der Waals surface area (Å²) in [6.45, 7) is 7.44. The Labute approximate surface area is 169 Å². The molecule has 2 aromatic rings. The van der Waals surface area contributed by atoms with Gasteiger partial charge < -0.3 is 25.6 Å². The Kier molecular flexibility index (Phi) is 5.17. The van der Waals surface area contributed by atoms with Gasteiger partial charge in [0.15, 0.2) is 5.75 Å². The molecule has 0 aliphatic carbocycles. The molecule has 1 atom stereocenters. The quantitative estimate of drug-likeness (QED) is 0.421. The van der Waals surface area contributed by atoms with E-state index in [4.69, 9.17) is 9.84 Å². The van der Waals surface area contributed by atoms with Crippen molar-refractivity contribution >= 4 is 23.5 Å². The number of carboxylic acid groups (broad SMARTS) is 2. The molecule has 7 nitrogen and oxygen atoms in total. The van der Waals surface area contributed by atoms with Crippen LogP contribution in [0.4, 0.5) is 16.2 Å². The van der Waals surface area contributed by atoms with E-state index in [1.54, 1.807) is 26.0 Å². The van der Waals surface area contributed by atoms with Crippen LogP contribution >= 0.6 is 0 Å². The lowest BCUT2D eigenvalue weighted by Crippen LogP contribution is -2.40. The van der Waals surface area contributed by atoms with Gasteiger partial charge in [-0.25, -0.2) is 9.59 Å². The number of rotatable bonds is 5. The second-order valence-corrected chi connectivity index (χ2v) is 8.51. The fraction of sp³-hybridized carbons (Fsp3) is 0.364. The van der Waals surface area contributed by atoms with E-state index in [1.165, 1.54) is 0 Å². The van der Waals surface area contributed by atoms with Crippen LogP contribution in [0.25, 0.3) is 0 Å². The Morgan fingerprint density at radius 3 is 2.52 bits per heavy atom. The molecule has 0 spiro atoms. The molecule has 0 saturated heterocycles. The largest absolute Gasteiger partial charge is 0.511 e. The van der Waals surface area contributed by atoms with Crippen LogP contribution in [-0.2, 0) is 10.2 Å². The number of hydrogen-bond acceptors (Lipinski definition) is 5. The molecule has 1 aliphatic heterocycles. The number of carboxylic acids is 1. The molecule has 1 unspecified atom stereocenters. The van der Waals surface area contributed by atoms with Crippen molar-refractivity contribution in [2.24, 2.45) is 0 Å². The minimum Gasteiger partial charge on any atom is -0.480 e. The average Bonchev–Trinajstić information content (AvgIpc) is 2.61. The lowest BCUT2D eigenvalue weighted by molar-refractivity contribution is -0.141. The molecule has 0 radical (unpaired) electrons. The van der Waals surface area contributed by atoms with Gasteiger partial charge >= 0.3 is 12.1 Å². The monoisotopic (exact) mass is 398 g/mol. The molecule has 1 aliphatic rings. The van der Waals surface area contributed by atoms with E-state index in [0.717, 1.165) is 17.5 Å². The highest BCUT2D eigenvalue weighted by molar-refractivity contribution is 5.81. The maximum absolute atomic E-state index is 11.4. The summed E-state index contributed by atoms with van der Waals surface area (Å²) >= 11 is 0. The predicted octanol–water partition coefficient (Wildman–Crippen LogP) is 4.85. The van der Waals surface area contributed by atoms with Crippen LogP contribution in [-0.4, -0.2) is 27.9 Å². The van der Waals surface area contributed by atoms with E-state index in [0.29, 0.717) is 11.4 Å². The molecule has 0 bridgehead atoms. The number of carbonyl (C=O) groups is 2. The number of para-hydroxylation sites is 1. The molecular formula is C22H26N2O5. The van der Waals surface area contributed by atoms with E-state index in [9.17, 15) is 14.7 Å². The zero-order valence-electron chi connectivity index (χ0n) is 16.9. The van der Waals surface area contributed by atoms with Crippen molar-refractivity contribution < 1.29 is 24.5 Å². The van der Waals surface area contributed by atoms with Gasteiger partial charge in [0.2, 0.25) is 0 Å². The molecule has 0 amide bonds. The number of nitrogens with one attached hydrogen (secondary N) is 2. The van der Waals surface area contributed by atoms with E-state index in [2.05, 4.69) is 24.5 Å². The average molecular weight is 398 g/mol. The van der Waals surface area contributed by atoms with Crippen molar-refractivity contribution in [2.75, 3.05) is 10.6 Å². The van der Waals surface area contributed by atoms with Crippen molar-refractivity contribution in [2.45, 2.75) is 51.1 Å². The SMILES string of the molecule is CC(C)(Nc1cccc(C2CC(C)(C)c3cccc(OC(=O)O)c3N2)c1)C(=O)O. The third-order valence-corrected chi connectivity index (χ3v) is 5.27. The van der Waals surface area contributed by atoms with Crippen molar-refractivity contribution in [3.63, 3.8) is 0 Å². The first-order valence-electron chi connectivity index (χ1n) is 9.42. The Morgan fingerprint density at radius 2 is 1.86 bits per heavy atom. The third-order valence-electron chi connectivity index (χ3n) is 5.27. The summed E-state index contributed by atoms with van der Waals surface area (Å²) in [4.78, 5) is 22.5. The van der Waals surface area contributed by atoms with Gasteiger partial charge in [0, 0.05) is 5.69 Å². The molecule has 0 saturated carbocycles. The molecule has 29 heavy (non-hydrogen) atoms. The van der Waals surface area contributed by atoms with Crippen molar-refractivity contribution in [1.29, 1.82) is 0 Å². The summed E-state index contributed by atoms with van der Waals surface area (Å²) in [7, 11) is 0. The molecule has 0 aromatic heterocycles. The van der Waals surface area contributed by atoms with Gasteiger partial charge in [-0.3, -0.25) is 0 Å². The summed E-state index contributed by atoms with van der Waals surface area (Å²) in [6, 6.07) is 12.9. The molecule has 7 heteroatoms. The van der Waals surface area contributed by atoms with Gasteiger partial charge in [-0.15, -0.1) is 0 Å². The van der Waals surface area contributed by atoms with Gasteiger partial charge in [0.05, 0.1) is 11.7 Å². The summed E-state index contributed by atoms with van der Waals surface area (Å²) in [5.74, 6) is -0.668. The molecule has 2 aromatic carbocycles. The van der Waals surface area contributed by atoms with E-state index >= 15 is 0 Å². The Bertz CT molecular complexity index is 952. The van der Waals surface area contributed by atoms with Crippen LogP contribution in [0, 0.1) is 0 Å². The van der Waals surface area contributed by atoms with Crippen LogP contribution in [0.2, 0.25) is 0 Å². The highest BCUT2D eigenvalue weighted by Crippen LogP contribution is 2.47. The smallest absolute Gasteiger partial charge is 0.480 e. The first-order chi connectivity index (χ1) is 13.5. The number of benzene rings is 2. The maximum Gasteiger partial charge on any atom is 0.511 e. The van der Waals surface area contributed by atoms with Crippen molar-refractivity contribution in [3.05, 3.63) is 53.6 Å². The predicted molar refractivity (Wildman–Crippen MR) is 111 cm³/mol. The summed E-state index contributed by atoms with van der Waals surface area (Å²) in [6.07, 6.45) is -0.579. The Balaban J connectivity index is 1.95. The van der Waals surface area contributed by atoms with E-state index in [-0.39, 0.29) is 17.2 Å².